The second kappa shape index (κ2) is 13.9. The van der Waals surface area contributed by atoms with Gasteiger partial charge in [0.25, 0.3) is 0 Å². The molecule has 0 saturated carbocycles. The molecule has 1 aromatic rings. The van der Waals surface area contributed by atoms with Crippen molar-refractivity contribution in [2.75, 3.05) is 26.4 Å². The molecule has 0 heterocycles. The Balaban J connectivity index is 0.00000729. The number of ether oxygens (including phenoxy) is 1. The molecule has 0 fully saturated rings. The second-order valence-electron chi connectivity index (χ2n) is 6.98. The maximum absolute atomic E-state index is 13.4. The van der Waals surface area contributed by atoms with Gasteiger partial charge in [-0.2, -0.15) is 11.8 Å². The summed E-state index contributed by atoms with van der Waals surface area (Å²) in [5.41, 5.74) is 1.52. The Labute approximate surface area is 188 Å². The SMILES string of the molecule is CN=C(NCCCNC(=O)OC(C)(C)C)NCc1ccc(F)cc1CSC.I. The summed E-state index contributed by atoms with van der Waals surface area (Å²) in [6, 6.07) is 4.84. The molecule has 0 aliphatic rings. The molecule has 0 bridgehead atoms. The molecule has 1 amide bonds. The van der Waals surface area contributed by atoms with Crippen molar-refractivity contribution in [3.63, 3.8) is 0 Å². The predicted octanol–water partition coefficient (Wildman–Crippen LogP) is 3.89. The van der Waals surface area contributed by atoms with Crippen molar-refractivity contribution >= 4 is 47.8 Å². The van der Waals surface area contributed by atoms with E-state index in [9.17, 15) is 9.18 Å². The predicted molar refractivity (Wildman–Crippen MR) is 126 cm³/mol. The molecule has 0 spiro atoms. The normalized spacial score (nSPS) is 11.4. The summed E-state index contributed by atoms with van der Waals surface area (Å²) in [5, 5.41) is 9.14. The van der Waals surface area contributed by atoms with Gasteiger partial charge in [-0.25, -0.2) is 9.18 Å². The van der Waals surface area contributed by atoms with Crippen LogP contribution in [0.1, 0.15) is 38.3 Å². The molecule has 9 heteroatoms. The molecule has 1 rings (SSSR count). The average molecular weight is 526 g/mol. The average Bonchev–Trinajstić information content (AvgIpc) is 2.57. The first-order valence-electron chi connectivity index (χ1n) is 8.92. The monoisotopic (exact) mass is 526 g/mol. The summed E-state index contributed by atoms with van der Waals surface area (Å²) in [6.45, 7) is 7.21. The van der Waals surface area contributed by atoms with E-state index >= 15 is 0 Å². The lowest BCUT2D eigenvalue weighted by atomic mass is 10.1. The van der Waals surface area contributed by atoms with Crippen molar-refractivity contribution < 1.29 is 13.9 Å². The van der Waals surface area contributed by atoms with E-state index in [-0.39, 0.29) is 29.8 Å². The highest BCUT2D eigenvalue weighted by molar-refractivity contribution is 14.0. The van der Waals surface area contributed by atoms with Gasteiger partial charge >= 0.3 is 6.09 Å². The molecule has 0 aliphatic heterocycles. The van der Waals surface area contributed by atoms with Gasteiger partial charge in [0.15, 0.2) is 5.96 Å². The van der Waals surface area contributed by atoms with E-state index in [4.69, 9.17) is 4.74 Å². The van der Waals surface area contributed by atoms with Gasteiger partial charge < -0.3 is 20.7 Å². The van der Waals surface area contributed by atoms with Crippen LogP contribution in [0.2, 0.25) is 0 Å². The molecule has 0 radical (unpaired) electrons. The molecule has 0 aliphatic carbocycles. The van der Waals surface area contributed by atoms with Gasteiger partial charge in [-0.3, -0.25) is 4.99 Å². The first-order valence-corrected chi connectivity index (χ1v) is 10.3. The lowest BCUT2D eigenvalue weighted by Gasteiger charge is -2.19. The number of thioether (sulfide) groups is 1. The Morgan fingerprint density at radius 3 is 2.46 bits per heavy atom. The van der Waals surface area contributed by atoms with Crippen LogP contribution >= 0.6 is 35.7 Å². The highest BCUT2D eigenvalue weighted by Crippen LogP contribution is 2.16. The zero-order valence-corrected chi connectivity index (χ0v) is 20.4. The van der Waals surface area contributed by atoms with Crippen LogP contribution in [-0.2, 0) is 17.0 Å². The number of amides is 1. The highest BCUT2D eigenvalue weighted by Gasteiger charge is 2.15. The summed E-state index contributed by atoms with van der Waals surface area (Å²) < 4.78 is 18.6. The zero-order chi connectivity index (χ0) is 20.3. The second-order valence-corrected chi connectivity index (χ2v) is 7.85. The molecular formula is C19H32FIN4O2S. The molecular weight excluding hydrogens is 494 g/mol. The number of guanidine groups is 1. The van der Waals surface area contributed by atoms with Crippen LogP contribution in [0.15, 0.2) is 23.2 Å². The first kappa shape index (κ1) is 26.8. The number of hydrogen-bond donors (Lipinski definition) is 3. The van der Waals surface area contributed by atoms with Gasteiger partial charge in [-0.05, 0) is 56.7 Å². The number of carbonyl (C=O) groups excluding carboxylic acids is 1. The summed E-state index contributed by atoms with van der Waals surface area (Å²) in [5.74, 6) is 1.20. The van der Waals surface area contributed by atoms with Crippen LogP contribution in [-0.4, -0.2) is 44.0 Å². The molecule has 6 nitrogen and oxygen atoms in total. The van der Waals surface area contributed by atoms with Crippen LogP contribution in [0.5, 0.6) is 0 Å². The fourth-order valence-electron chi connectivity index (χ4n) is 2.26. The van der Waals surface area contributed by atoms with E-state index in [0.717, 1.165) is 23.3 Å². The van der Waals surface area contributed by atoms with Gasteiger partial charge in [0.2, 0.25) is 0 Å². The third-order valence-electron chi connectivity index (χ3n) is 3.45. The van der Waals surface area contributed by atoms with Crippen molar-refractivity contribution in [3.8, 4) is 0 Å². The molecule has 0 unspecified atom stereocenters. The van der Waals surface area contributed by atoms with Crippen LogP contribution in [0.25, 0.3) is 0 Å². The molecule has 160 valence electrons. The Hall–Kier alpha value is -1.23. The van der Waals surface area contributed by atoms with Crippen LogP contribution in [0, 0.1) is 5.82 Å². The lowest BCUT2D eigenvalue weighted by Crippen LogP contribution is -2.39. The van der Waals surface area contributed by atoms with Crippen LogP contribution in [0.3, 0.4) is 0 Å². The van der Waals surface area contributed by atoms with E-state index in [1.54, 1.807) is 30.9 Å². The van der Waals surface area contributed by atoms with E-state index in [0.29, 0.717) is 25.6 Å². The summed E-state index contributed by atoms with van der Waals surface area (Å²) >= 11 is 1.66. The number of nitrogens with one attached hydrogen (secondary N) is 3. The molecule has 0 aromatic heterocycles. The minimum atomic E-state index is -0.496. The minimum absolute atomic E-state index is 0. The lowest BCUT2D eigenvalue weighted by molar-refractivity contribution is 0.0527. The van der Waals surface area contributed by atoms with Crippen LogP contribution < -0.4 is 16.0 Å². The highest BCUT2D eigenvalue weighted by atomic mass is 127. The van der Waals surface area contributed by atoms with Gasteiger partial charge in [0.05, 0.1) is 0 Å². The third kappa shape index (κ3) is 11.6. The summed E-state index contributed by atoms with van der Waals surface area (Å²) in [7, 11) is 1.70. The van der Waals surface area contributed by atoms with Crippen molar-refractivity contribution in [1.29, 1.82) is 0 Å². The van der Waals surface area contributed by atoms with Gasteiger partial charge in [0.1, 0.15) is 11.4 Å². The van der Waals surface area contributed by atoms with Crippen molar-refractivity contribution in [1.82, 2.24) is 16.0 Å². The maximum Gasteiger partial charge on any atom is 0.407 e. The maximum atomic E-state index is 13.4. The smallest absolute Gasteiger partial charge is 0.407 e. The quantitative estimate of drug-likeness (QED) is 0.208. The van der Waals surface area contributed by atoms with Gasteiger partial charge in [-0.15, -0.1) is 24.0 Å². The Morgan fingerprint density at radius 1 is 1.18 bits per heavy atom. The number of benzene rings is 1. The van der Waals surface area contributed by atoms with E-state index in [2.05, 4.69) is 20.9 Å². The zero-order valence-electron chi connectivity index (χ0n) is 17.2. The first-order chi connectivity index (χ1) is 12.7. The van der Waals surface area contributed by atoms with Crippen LogP contribution in [0.4, 0.5) is 9.18 Å². The summed E-state index contributed by atoms with van der Waals surface area (Å²) in [6.07, 6.45) is 2.31. The standard InChI is InChI=1S/C19H31FN4O2S.HI/c1-19(2,3)26-18(25)23-10-6-9-22-17(21-4)24-12-14-7-8-16(20)11-15(14)13-27-5;/h7-8,11H,6,9-10,12-13H2,1-5H3,(H,23,25)(H2,21,22,24);1H. The number of halogens is 2. The Bertz CT molecular complexity index is 639. The number of nitrogens with zero attached hydrogens (tertiary/aromatic N) is 1. The van der Waals surface area contributed by atoms with E-state index in [1.807, 2.05) is 27.0 Å². The van der Waals surface area contributed by atoms with Crippen molar-refractivity contribution in [3.05, 3.63) is 35.1 Å². The fourth-order valence-corrected chi connectivity index (χ4v) is 2.84. The van der Waals surface area contributed by atoms with E-state index in [1.165, 1.54) is 6.07 Å². The minimum Gasteiger partial charge on any atom is -0.444 e. The fraction of sp³-hybridized carbons (Fsp3) is 0.579. The van der Waals surface area contributed by atoms with Crippen molar-refractivity contribution in [2.24, 2.45) is 4.99 Å². The Kier molecular flexibility index (Phi) is 13.3. The molecule has 0 saturated heterocycles. The van der Waals surface area contributed by atoms with Crippen molar-refractivity contribution in [2.45, 2.75) is 45.1 Å². The van der Waals surface area contributed by atoms with Gasteiger partial charge in [0, 0.05) is 32.4 Å². The molecule has 28 heavy (non-hydrogen) atoms. The third-order valence-corrected chi connectivity index (χ3v) is 4.05. The van der Waals surface area contributed by atoms with Gasteiger partial charge in [-0.1, -0.05) is 6.07 Å². The number of hydrogen-bond acceptors (Lipinski definition) is 4. The molecule has 1 aromatic carbocycles. The number of alkyl carbamates (subject to hydrolysis) is 1. The Morgan fingerprint density at radius 2 is 1.86 bits per heavy atom. The number of carbonyl (C=O) groups is 1. The summed E-state index contributed by atoms with van der Waals surface area (Å²) in [4.78, 5) is 15.7. The largest absolute Gasteiger partial charge is 0.444 e. The molecule has 3 N–H and O–H groups in total. The number of rotatable bonds is 8. The van der Waals surface area contributed by atoms with E-state index < -0.39 is 11.7 Å². The topological polar surface area (TPSA) is 74.8 Å². The molecule has 0 atom stereocenters. The number of aliphatic imine (C=N–C) groups is 1.